The van der Waals surface area contributed by atoms with Crippen LogP contribution in [0.5, 0.6) is 0 Å². The van der Waals surface area contributed by atoms with Crippen LogP contribution < -0.4 is 10.6 Å². The Balaban J connectivity index is 1.57. The van der Waals surface area contributed by atoms with Gasteiger partial charge in [-0.2, -0.15) is 5.10 Å². The zero-order valence-corrected chi connectivity index (χ0v) is 22.9. The van der Waals surface area contributed by atoms with E-state index in [0.717, 1.165) is 46.1 Å². The first kappa shape index (κ1) is 26.6. The van der Waals surface area contributed by atoms with Gasteiger partial charge in [-0.15, -0.1) is 0 Å². The minimum Gasteiger partial charge on any atom is -0.352 e. The third-order valence-electron chi connectivity index (χ3n) is 6.51. The van der Waals surface area contributed by atoms with E-state index in [1.54, 1.807) is 35.3 Å². The van der Waals surface area contributed by atoms with Gasteiger partial charge in [0.15, 0.2) is 5.13 Å². The maximum absolute atomic E-state index is 14.5. The molecule has 0 saturated heterocycles. The third-order valence-corrected chi connectivity index (χ3v) is 7.53. The monoisotopic (exact) mass is 547 g/mol. The second-order valence-electron chi connectivity index (χ2n) is 9.70. The molecule has 0 unspecified atom stereocenters. The molecule has 9 nitrogen and oxygen atoms in total. The lowest BCUT2D eigenvalue weighted by Crippen LogP contribution is -2.27. The lowest BCUT2D eigenvalue weighted by Gasteiger charge is -2.16. The number of benzene rings is 1. The zero-order chi connectivity index (χ0) is 27.5. The summed E-state index contributed by atoms with van der Waals surface area (Å²) in [4.78, 5) is 36.3. The normalized spacial score (nSPS) is 12.2. The summed E-state index contributed by atoms with van der Waals surface area (Å²) in [6.07, 6.45) is 5.67. The van der Waals surface area contributed by atoms with Gasteiger partial charge >= 0.3 is 0 Å². The van der Waals surface area contributed by atoms with Crippen molar-refractivity contribution in [1.82, 2.24) is 30.0 Å². The fourth-order valence-corrected chi connectivity index (χ4v) is 5.84. The third kappa shape index (κ3) is 5.59. The first-order chi connectivity index (χ1) is 18.9. The van der Waals surface area contributed by atoms with Crippen molar-refractivity contribution in [3.05, 3.63) is 65.1 Å². The van der Waals surface area contributed by atoms with Crippen molar-refractivity contribution >= 4 is 28.3 Å². The van der Waals surface area contributed by atoms with Gasteiger partial charge in [0.1, 0.15) is 6.67 Å². The highest BCUT2D eigenvalue weighted by Gasteiger charge is 2.30. The van der Waals surface area contributed by atoms with Crippen molar-refractivity contribution in [2.45, 2.75) is 32.9 Å². The second kappa shape index (κ2) is 11.4. The molecule has 4 aromatic rings. The number of aromatic nitrogens is 4. The van der Waals surface area contributed by atoms with Crippen LogP contribution in [0.3, 0.4) is 0 Å². The fourth-order valence-electron chi connectivity index (χ4n) is 4.72. The molecule has 0 atom stereocenters. The van der Waals surface area contributed by atoms with E-state index in [-0.39, 0.29) is 11.8 Å². The number of halogens is 1. The Morgan fingerprint density at radius 3 is 2.77 bits per heavy atom. The predicted molar refractivity (Wildman–Crippen MR) is 150 cm³/mol. The minimum absolute atomic E-state index is 0.193. The standard InChI is InChI=1S/C28H30FN7O2S/c1-17(37)32-28-33-22-9-8-21-24(19-6-4-11-30-16-19)34-36(25(21)26(22)39-28)23-10-7-18(14-20(23)15-29)27(38)31-12-5-13-35(2)3/h4,6-7,10-11,14,16H,5,8-9,12-13,15H2,1-3H3,(H,31,38)(H,32,33,37). The first-order valence-corrected chi connectivity index (χ1v) is 13.6. The molecule has 0 bridgehead atoms. The zero-order valence-electron chi connectivity index (χ0n) is 22.1. The van der Waals surface area contributed by atoms with E-state index in [1.807, 2.05) is 26.2 Å². The molecule has 5 rings (SSSR count). The lowest BCUT2D eigenvalue weighted by atomic mass is 9.95. The van der Waals surface area contributed by atoms with Crippen LogP contribution in [-0.2, 0) is 24.3 Å². The van der Waals surface area contributed by atoms with Crippen molar-refractivity contribution in [3.63, 3.8) is 0 Å². The average Bonchev–Trinajstić information content (AvgIpc) is 3.51. The number of rotatable bonds is 9. The molecule has 0 fully saturated rings. The molecule has 1 aromatic carbocycles. The number of aryl methyl sites for hydroxylation is 1. The van der Waals surface area contributed by atoms with Gasteiger partial charge in [-0.25, -0.2) is 14.1 Å². The van der Waals surface area contributed by atoms with E-state index in [9.17, 15) is 14.0 Å². The summed E-state index contributed by atoms with van der Waals surface area (Å²) < 4.78 is 16.2. The lowest BCUT2D eigenvalue weighted by molar-refractivity contribution is -0.114. The minimum atomic E-state index is -0.763. The van der Waals surface area contributed by atoms with Crippen LogP contribution in [0.2, 0.25) is 0 Å². The molecule has 2 amide bonds. The van der Waals surface area contributed by atoms with Crippen molar-refractivity contribution in [3.8, 4) is 27.5 Å². The molecule has 1 aliphatic rings. The number of thiazole rings is 1. The van der Waals surface area contributed by atoms with E-state index >= 15 is 0 Å². The van der Waals surface area contributed by atoms with Crippen molar-refractivity contribution in [2.75, 3.05) is 32.5 Å². The number of hydrogen-bond donors (Lipinski definition) is 2. The number of nitrogens with zero attached hydrogens (tertiary/aromatic N) is 5. The van der Waals surface area contributed by atoms with E-state index in [4.69, 9.17) is 5.10 Å². The van der Waals surface area contributed by atoms with Crippen molar-refractivity contribution in [2.24, 2.45) is 0 Å². The van der Waals surface area contributed by atoms with Gasteiger partial charge in [0, 0.05) is 48.1 Å². The molecule has 202 valence electrons. The van der Waals surface area contributed by atoms with Crippen LogP contribution in [0.25, 0.3) is 27.5 Å². The maximum atomic E-state index is 14.5. The molecule has 0 aliphatic heterocycles. The Kier molecular flexibility index (Phi) is 7.80. The summed E-state index contributed by atoms with van der Waals surface area (Å²) in [7, 11) is 3.97. The summed E-state index contributed by atoms with van der Waals surface area (Å²) in [6, 6.07) is 8.84. The van der Waals surface area contributed by atoms with Crippen LogP contribution in [-0.4, -0.2) is 63.6 Å². The number of anilines is 1. The molecule has 0 radical (unpaired) electrons. The van der Waals surface area contributed by atoms with Gasteiger partial charge in [-0.05, 0) is 70.2 Å². The van der Waals surface area contributed by atoms with Crippen LogP contribution in [0.4, 0.5) is 9.52 Å². The van der Waals surface area contributed by atoms with Crippen LogP contribution in [0.15, 0.2) is 42.7 Å². The van der Waals surface area contributed by atoms with Gasteiger partial charge in [0.2, 0.25) is 5.91 Å². The largest absolute Gasteiger partial charge is 0.352 e. The Hall–Kier alpha value is -3.96. The van der Waals surface area contributed by atoms with Gasteiger partial charge in [0.05, 0.1) is 27.6 Å². The molecule has 1 aliphatic carbocycles. The highest BCUT2D eigenvalue weighted by molar-refractivity contribution is 7.19. The maximum Gasteiger partial charge on any atom is 0.251 e. The van der Waals surface area contributed by atoms with Crippen molar-refractivity contribution in [1.29, 1.82) is 0 Å². The van der Waals surface area contributed by atoms with Gasteiger partial charge < -0.3 is 15.5 Å². The number of carbonyl (C=O) groups is 2. The van der Waals surface area contributed by atoms with Gasteiger partial charge in [-0.1, -0.05) is 11.3 Å². The first-order valence-electron chi connectivity index (χ1n) is 12.8. The quantitative estimate of drug-likeness (QED) is 0.303. The number of pyridine rings is 1. The fraction of sp³-hybridized carbons (Fsp3) is 0.321. The van der Waals surface area contributed by atoms with E-state index in [2.05, 4.69) is 25.5 Å². The summed E-state index contributed by atoms with van der Waals surface area (Å²) in [5.41, 5.74) is 5.64. The smallest absolute Gasteiger partial charge is 0.251 e. The number of nitrogens with one attached hydrogen (secondary N) is 2. The Morgan fingerprint density at radius 2 is 2.05 bits per heavy atom. The molecule has 11 heteroatoms. The molecule has 39 heavy (non-hydrogen) atoms. The highest BCUT2D eigenvalue weighted by atomic mass is 32.1. The number of fused-ring (bicyclic) bond motifs is 3. The van der Waals surface area contributed by atoms with Crippen LogP contribution in [0, 0.1) is 0 Å². The molecule has 3 heterocycles. The Morgan fingerprint density at radius 1 is 1.21 bits per heavy atom. The molecular weight excluding hydrogens is 517 g/mol. The van der Waals surface area contributed by atoms with E-state index in [1.165, 1.54) is 18.3 Å². The number of alkyl halides is 1. The molecule has 3 aromatic heterocycles. The summed E-state index contributed by atoms with van der Waals surface area (Å²) in [6.45, 7) is 2.09. The Bertz CT molecular complexity index is 1510. The molecule has 2 N–H and O–H groups in total. The van der Waals surface area contributed by atoms with E-state index in [0.29, 0.717) is 41.3 Å². The van der Waals surface area contributed by atoms with Crippen molar-refractivity contribution < 1.29 is 14.0 Å². The molecule has 0 spiro atoms. The highest BCUT2D eigenvalue weighted by Crippen LogP contribution is 2.44. The number of hydrogen-bond acceptors (Lipinski definition) is 7. The SMILES string of the molecule is CC(=O)Nc1nc2c(s1)-c1c(c(-c3cccnc3)nn1-c1ccc(C(=O)NCCCN(C)C)cc1CF)CC2. The molecular formula is C28H30FN7O2S. The predicted octanol–water partition coefficient (Wildman–Crippen LogP) is 4.27. The molecule has 0 saturated carbocycles. The topological polar surface area (TPSA) is 105 Å². The summed E-state index contributed by atoms with van der Waals surface area (Å²) in [5, 5.41) is 11.2. The number of carbonyl (C=O) groups excluding carboxylic acids is 2. The Labute approximate surface area is 230 Å². The summed E-state index contributed by atoms with van der Waals surface area (Å²) >= 11 is 1.38. The average molecular weight is 548 g/mol. The van der Waals surface area contributed by atoms with Gasteiger partial charge in [-0.3, -0.25) is 14.6 Å². The van der Waals surface area contributed by atoms with Crippen LogP contribution in [0.1, 0.15) is 40.5 Å². The van der Waals surface area contributed by atoms with Gasteiger partial charge in [0.25, 0.3) is 5.91 Å². The van der Waals surface area contributed by atoms with Crippen LogP contribution >= 0.6 is 11.3 Å². The number of amides is 2. The van der Waals surface area contributed by atoms with E-state index < -0.39 is 6.67 Å². The summed E-state index contributed by atoms with van der Waals surface area (Å²) in [5.74, 6) is -0.431. The second-order valence-corrected chi connectivity index (χ2v) is 10.7.